The van der Waals surface area contributed by atoms with Gasteiger partial charge in [-0.15, -0.1) is 0 Å². The fraction of sp³-hybridized carbons (Fsp3) is 0.389. The molecule has 2 amide bonds. The highest BCUT2D eigenvalue weighted by Gasteiger charge is 2.35. The highest BCUT2D eigenvalue weighted by Crippen LogP contribution is 2.19. The minimum absolute atomic E-state index is 0.0749. The van der Waals surface area contributed by atoms with Crippen LogP contribution in [-0.2, 0) is 4.79 Å². The lowest BCUT2D eigenvalue weighted by Crippen LogP contribution is -2.57. The number of nitrogens with one attached hydrogen (secondary N) is 1. The van der Waals surface area contributed by atoms with Crippen molar-refractivity contribution in [3.8, 4) is 5.69 Å². The Morgan fingerprint density at radius 3 is 2.75 bits per heavy atom. The van der Waals surface area contributed by atoms with Gasteiger partial charge in [0.05, 0.1) is 11.9 Å². The molecule has 0 aliphatic carbocycles. The standard InChI is InChI=1S/C18H22N4O2/c1-13(2)12-16-17(23)19-10-11-21(16)18(24)15-8-9-20-22(15)14-6-4-3-5-7-14/h3-9,13,16H,10-12H2,1-2H3,(H,19,23)/t16-/m1/s1. The summed E-state index contributed by atoms with van der Waals surface area (Å²) in [6.07, 6.45) is 2.26. The largest absolute Gasteiger partial charge is 0.353 e. The summed E-state index contributed by atoms with van der Waals surface area (Å²) in [5, 5.41) is 7.13. The van der Waals surface area contributed by atoms with E-state index in [0.717, 1.165) is 5.69 Å². The molecule has 6 heteroatoms. The molecule has 1 atom stereocenters. The molecule has 1 aliphatic rings. The minimum atomic E-state index is -0.426. The van der Waals surface area contributed by atoms with E-state index in [0.29, 0.717) is 31.1 Å². The number of nitrogens with zero attached hydrogens (tertiary/aromatic N) is 3. The topological polar surface area (TPSA) is 67.2 Å². The van der Waals surface area contributed by atoms with Gasteiger partial charge in [0.25, 0.3) is 5.91 Å². The van der Waals surface area contributed by atoms with E-state index in [4.69, 9.17) is 0 Å². The first-order valence-corrected chi connectivity index (χ1v) is 8.26. The fourth-order valence-electron chi connectivity index (χ4n) is 3.03. The van der Waals surface area contributed by atoms with Gasteiger partial charge in [0.2, 0.25) is 5.91 Å². The molecule has 2 heterocycles. The predicted molar refractivity (Wildman–Crippen MR) is 90.9 cm³/mol. The van der Waals surface area contributed by atoms with Crippen molar-refractivity contribution in [3.05, 3.63) is 48.3 Å². The lowest BCUT2D eigenvalue weighted by molar-refractivity contribution is -0.128. The number of para-hydroxylation sites is 1. The molecule has 24 heavy (non-hydrogen) atoms. The normalized spacial score (nSPS) is 17.9. The Morgan fingerprint density at radius 2 is 2.04 bits per heavy atom. The summed E-state index contributed by atoms with van der Waals surface area (Å²) < 4.78 is 1.63. The smallest absolute Gasteiger partial charge is 0.273 e. The second-order valence-corrected chi connectivity index (χ2v) is 6.40. The summed E-state index contributed by atoms with van der Waals surface area (Å²) in [4.78, 5) is 27.0. The van der Waals surface area contributed by atoms with Crippen molar-refractivity contribution >= 4 is 11.8 Å². The molecule has 0 spiro atoms. The second-order valence-electron chi connectivity index (χ2n) is 6.40. The Kier molecular flexibility index (Phi) is 4.64. The van der Waals surface area contributed by atoms with E-state index >= 15 is 0 Å². The molecule has 1 aliphatic heterocycles. The van der Waals surface area contributed by atoms with Crippen LogP contribution in [0.3, 0.4) is 0 Å². The number of hydrogen-bond acceptors (Lipinski definition) is 3. The highest BCUT2D eigenvalue weighted by molar-refractivity contribution is 5.97. The molecule has 0 radical (unpaired) electrons. The van der Waals surface area contributed by atoms with Gasteiger partial charge in [-0.1, -0.05) is 32.0 Å². The number of carbonyl (C=O) groups excluding carboxylic acids is 2. The average molecular weight is 326 g/mol. The van der Waals surface area contributed by atoms with Crippen molar-refractivity contribution in [3.63, 3.8) is 0 Å². The Labute approximate surface area is 141 Å². The number of rotatable bonds is 4. The molecule has 0 bridgehead atoms. The summed E-state index contributed by atoms with van der Waals surface area (Å²) in [6, 6.07) is 10.8. The van der Waals surface area contributed by atoms with Gasteiger partial charge >= 0.3 is 0 Å². The molecule has 1 fully saturated rings. The van der Waals surface area contributed by atoms with Crippen LogP contribution in [0, 0.1) is 5.92 Å². The van der Waals surface area contributed by atoms with Gasteiger partial charge in [-0.3, -0.25) is 9.59 Å². The summed E-state index contributed by atoms with van der Waals surface area (Å²) >= 11 is 0. The van der Waals surface area contributed by atoms with Gasteiger partial charge in [0.1, 0.15) is 11.7 Å². The molecule has 2 aromatic rings. The first kappa shape index (κ1) is 16.2. The third-order valence-electron chi connectivity index (χ3n) is 4.15. The number of amides is 2. The van der Waals surface area contributed by atoms with Crippen LogP contribution in [0.15, 0.2) is 42.6 Å². The van der Waals surface area contributed by atoms with Gasteiger partial charge in [0, 0.05) is 13.1 Å². The maximum absolute atomic E-state index is 13.1. The summed E-state index contributed by atoms with van der Waals surface area (Å²) in [7, 11) is 0. The molecule has 1 N–H and O–H groups in total. The third-order valence-corrected chi connectivity index (χ3v) is 4.15. The predicted octanol–water partition coefficient (Wildman–Crippen LogP) is 1.86. The van der Waals surface area contributed by atoms with Crippen molar-refractivity contribution in [2.24, 2.45) is 5.92 Å². The van der Waals surface area contributed by atoms with Gasteiger partial charge in [-0.05, 0) is 30.5 Å². The Hall–Kier alpha value is -2.63. The summed E-state index contributed by atoms with van der Waals surface area (Å²) in [5.41, 5.74) is 1.30. The molecule has 1 aromatic carbocycles. The quantitative estimate of drug-likeness (QED) is 0.932. The number of carbonyl (C=O) groups is 2. The zero-order valence-corrected chi connectivity index (χ0v) is 14.0. The van der Waals surface area contributed by atoms with Crippen LogP contribution >= 0.6 is 0 Å². The van der Waals surface area contributed by atoms with Gasteiger partial charge < -0.3 is 10.2 Å². The van der Waals surface area contributed by atoms with Crippen molar-refractivity contribution in [2.75, 3.05) is 13.1 Å². The number of benzene rings is 1. The molecular formula is C18H22N4O2. The lowest BCUT2D eigenvalue weighted by atomic mass is 9.99. The first-order chi connectivity index (χ1) is 11.6. The van der Waals surface area contributed by atoms with E-state index < -0.39 is 6.04 Å². The number of aromatic nitrogens is 2. The average Bonchev–Trinajstić information content (AvgIpc) is 3.06. The molecule has 3 rings (SSSR count). The summed E-state index contributed by atoms with van der Waals surface area (Å²) in [5.74, 6) is 0.0964. The van der Waals surface area contributed by atoms with Crippen molar-refractivity contribution < 1.29 is 9.59 Å². The minimum Gasteiger partial charge on any atom is -0.353 e. The van der Waals surface area contributed by atoms with Crippen LogP contribution in [0.25, 0.3) is 5.69 Å². The van der Waals surface area contributed by atoms with Crippen LogP contribution in [0.2, 0.25) is 0 Å². The maximum Gasteiger partial charge on any atom is 0.273 e. The van der Waals surface area contributed by atoms with Crippen LogP contribution < -0.4 is 5.32 Å². The van der Waals surface area contributed by atoms with E-state index in [2.05, 4.69) is 24.3 Å². The Bertz CT molecular complexity index is 724. The van der Waals surface area contributed by atoms with Gasteiger partial charge in [0.15, 0.2) is 0 Å². The monoisotopic (exact) mass is 326 g/mol. The van der Waals surface area contributed by atoms with Crippen LogP contribution in [0.5, 0.6) is 0 Å². The lowest BCUT2D eigenvalue weighted by Gasteiger charge is -2.36. The number of piperazine rings is 1. The zero-order chi connectivity index (χ0) is 17.1. The van der Waals surface area contributed by atoms with Crippen LogP contribution in [0.1, 0.15) is 30.8 Å². The molecular weight excluding hydrogens is 304 g/mol. The van der Waals surface area contributed by atoms with Crippen molar-refractivity contribution in [1.29, 1.82) is 0 Å². The molecule has 126 valence electrons. The molecule has 0 unspecified atom stereocenters. The van der Waals surface area contributed by atoms with E-state index in [1.54, 1.807) is 21.8 Å². The van der Waals surface area contributed by atoms with Crippen molar-refractivity contribution in [1.82, 2.24) is 20.0 Å². The third kappa shape index (κ3) is 3.18. The zero-order valence-electron chi connectivity index (χ0n) is 14.0. The van der Waals surface area contributed by atoms with Crippen molar-refractivity contribution in [2.45, 2.75) is 26.3 Å². The van der Waals surface area contributed by atoms with E-state index in [-0.39, 0.29) is 11.8 Å². The van der Waals surface area contributed by atoms with Gasteiger partial charge in [-0.2, -0.15) is 5.10 Å². The van der Waals surface area contributed by atoms with Gasteiger partial charge in [-0.25, -0.2) is 4.68 Å². The molecule has 0 saturated carbocycles. The maximum atomic E-state index is 13.1. The Balaban J connectivity index is 1.91. The second kappa shape index (κ2) is 6.86. The number of hydrogen-bond donors (Lipinski definition) is 1. The molecule has 6 nitrogen and oxygen atoms in total. The van der Waals surface area contributed by atoms with Crippen LogP contribution in [-0.4, -0.2) is 45.6 Å². The summed E-state index contributed by atoms with van der Waals surface area (Å²) in [6.45, 7) is 5.11. The molecule has 1 aromatic heterocycles. The fourth-order valence-corrected chi connectivity index (χ4v) is 3.03. The van der Waals surface area contributed by atoms with E-state index in [9.17, 15) is 9.59 Å². The Morgan fingerprint density at radius 1 is 1.29 bits per heavy atom. The SMILES string of the molecule is CC(C)C[C@@H]1C(=O)NCCN1C(=O)c1ccnn1-c1ccccc1. The van der Waals surface area contributed by atoms with E-state index in [1.165, 1.54) is 0 Å². The first-order valence-electron chi connectivity index (χ1n) is 8.26. The van der Waals surface area contributed by atoms with E-state index in [1.807, 2.05) is 30.3 Å². The molecule has 1 saturated heterocycles. The highest BCUT2D eigenvalue weighted by atomic mass is 16.2. The van der Waals surface area contributed by atoms with Crippen LogP contribution in [0.4, 0.5) is 0 Å².